The van der Waals surface area contributed by atoms with E-state index < -0.39 is 0 Å². The second-order valence-electron chi connectivity index (χ2n) is 5.44. The van der Waals surface area contributed by atoms with Crippen molar-refractivity contribution in [2.24, 2.45) is 0 Å². The van der Waals surface area contributed by atoms with Crippen molar-refractivity contribution in [3.8, 4) is 0 Å². The Kier molecular flexibility index (Phi) is 8.32. The quantitative estimate of drug-likeness (QED) is 0.719. The van der Waals surface area contributed by atoms with Crippen molar-refractivity contribution >= 4 is 12.4 Å². The molecule has 0 spiro atoms. The highest BCUT2D eigenvalue weighted by molar-refractivity contribution is 5.85. The van der Waals surface area contributed by atoms with Gasteiger partial charge in [-0.15, -0.1) is 12.4 Å². The predicted octanol–water partition coefficient (Wildman–Crippen LogP) is 4.69. The molecule has 2 rings (SSSR count). The summed E-state index contributed by atoms with van der Waals surface area (Å²) in [6, 6.07) is 11.3. The fourth-order valence-electron chi connectivity index (χ4n) is 2.56. The van der Waals surface area contributed by atoms with Crippen LogP contribution in [-0.2, 0) is 6.42 Å². The molecule has 1 aromatic carbocycles. The van der Waals surface area contributed by atoms with Gasteiger partial charge in [0.15, 0.2) is 0 Å². The van der Waals surface area contributed by atoms with E-state index in [4.69, 9.17) is 0 Å². The van der Waals surface area contributed by atoms with Crippen LogP contribution in [0.25, 0.3) is 0 Å². The summed E-state index contributed by atoms with van der Waals surface area (Å²) in [5.74, 6) is 0. The maximum atomic E-state index is 3.63. The smallest absolute Gasteiger partial charge is 0.00791 e. The van der Waals surface area contributed by atoms with E-state index in [0.29, 0.717) is 6.04 Å². The van der Waals surface area contributed by atoms with E-state index in [0.717, 1.165) is 13.0 Å². The highest BCUT2D eigenvalue weighted by Crippen LogP contribution is 2.16. The molecule has 0 aromatic heterocycles. The Morgan fingerprint density at radius 3 is 2.70 bits per heavy atom. The number of hydrogen-bond acceptors (Lipinski definition) is 1. The Bertz CT molecular complexity index is 422. The van der Waals surface area contributed by atoms with Gasteiger partial charge in [0.1, 0.15) is 0 Å². The summed E-state index contributed by atoms with van der Waals surface area (Å²) in [5, 5.41) is 3.63. The minimum absolute atomic E-state index is 0. The number of benzene rings is 1. The van der Waals surface area contributed by atoms with Crippen LogP contribution < -0.4 is 5.32 Å². The van der Waals surface area contributed by atoms with Gasteiger partial charge in [0.2, 0.25) is 0 Å². The zero-order valence-corrected chi connectivity index (χ0v) is 13.2. The number of rotatable bonds is 7. The monoisotopic (exact) mass is 291 g/mol. The molecule has 1 aliphatic carbocycles. The SMILES string of the molecule is CC(Cc1ccccc1)NCCCC1=CC=CCC1.Cl. The van der Waals surface area contributed by atoms with Gasteiger partial charge in [0, 0.05) is 6.04 Å². The average Bonchev–Trinajstić information content (AvgIpc) is 2.46. The molecule has 1 N–H and O–H groups in total. The van der Waals surface area contributed by atoms with Crippen molar-refractivity contribution in [3.05, 3.63) is 59.7 Å². The summed E-state index contributed by atoms with van der Waals surface area (Å²) in [7, 11) is 0. The molecular formula is C18H26ClN. The molecule has 0 bridgehead atoms. The van der Waals surface area contributed by atoms with E-state index in [2.05, 4.69) is 60.8 Å². The van der Waals surface area contributed by atoms with Crippen LogP contribution in [0.4, 0.5) is 0 Å². The molecule has 0 aliphatic heterocycles. The van der Waals surface area contributed by atoms with E-state index >= 15 is 0 Å². The van der Waals surface area contributed by atoms with Gasteiger partial charge in [-0.25, -0.2) is 0 Å². The van der Waals surface area contributed by atoms with Crippen molar-refractivity contribution in [3.63, 3.8) is 0 Å². The van der Waals surface area contributed by atoms with Gasteiger partial charge < -0.3 is 5.32 Å². The summed E-state index contributed by atoms with van der Waals surface area (Å²) < 4.78 is 0. The number of allylic oxidation sites excluding steroid dienone is 4. The third-order valence-corrected chi connectivity index (χ3v) is 3.65. The number of hydrogen-bond donors (Lipinski definition) is 1. The zero-order valence-electron chi connectivity index (χ0n) is 12.3. The van der Waals surface area contributed by atoms with E-state index in [1.807, 2.05) is 0 Å². The van der Waals surface area contributed by atoms with Gasteiger partial charge in [-0.2, -0.15) is 0 Å². The van der Waals surface area contributed by atoms with Crippen molar-refractivity contribution in [1.29, 1.82) is 0 Å². The first kappa shape index (κ1) is 17.0. The Balaban J connectivity index is 0.00000200. The van der Waals surface area contributed by atoms with Crippen molar-refractivity contribution in [1.82, 2.24) is 5.32 Å². The lowest BCUT2D eigenvalue weighted by Crippen LogP contribution is -2.29. The molecule has 110 valence electrons. The molecule has 0 fully saturated rings. The van der Waals surface area contributed by atoms with E-state index in [1.54, 1.807) is 5.57 Å². The normalized spacial score (nSPS) is 15.3. The molecular weight excluding hydrogens is 266 g/mol. The van der Waals surface area contributed by atoms with Crippen LogP contribution in [0.3, 0.4) is 0 Å². The molecule has 0 radical (unpaired) electrons. The van der Waals surface area contributed by atoms with E-state index in [1.165, 1.54) is 31.2 Å². The summed E-state index contributed by atoms with van der Waals surface area (Å²) >= 11 is 0. The maximum Gasteiger partial charge on any atom is 0.00791 e. The molecule has 1 aliphatic rings. The second-order valence-corrected chi connectivity index (χ2v) is 5.44. The number of halogens is 1. The Hall–Kier alpha value is -1.05. The molecule has 0 saturated heterocycles. The van der Waals surface area contributed by atoms with Gasteiger partial charge in [-0.3, -0.25) is 0 Å². The van der Waals surface area contributed by atoms with Crippen molar-refractivity contribution < 1.29 is 0 Å². The Morgan fingerprint density at radius 1 is 1.20 bits per heavy atom. The van der Waals surface area contributed by atoms with Gasteiger partial charge in [-0.05, 0) is 51.1 Å². The molecule has 2 heteroatoms. The highest BCUT2D eigenvalue weighted by Gasteiger charge is 2.03. The lowest BCUT2D eigenvalue weighted by Gasteiger charge is -2.14. The Morgan fingerprint density at radius 2 is 2.00 bits per heavy atom. The second kappa shape index (κ2) is 9.79. The van der Waals surface area contributed by atoms with Crippen molar-refractivity contribution in [2.75, 3.05) is 6.54 Å². The third-order valence-electron chi connectivity index (χ3n) is 3.65. The first-order valence-corrected chi connectivity index (χ1v) is 7.46. The molecule has 0 saturated carbocycles. The summed E-state index contributed by atoms with van der Waals surface area (Å²) in [6.45, 7) is 3.39. The third kappa shape index (κ3) is 6.40. The molecule has 1 aromatic rings. The lowest BCUT2D eigenvalue weighted by atomic mass is 10.0. The first-order chi connectivity index (χ1) is 9.34. The van der Waals surface area contributed by atoms with Gasteiger partial charge in [0.05, 0.1) is 0 Å². The summed E-state index contributed by atoms with van der Waals surface area (Å²) in [6.07, 6.45) is 12.8. The summed E-state index contributed by atoms with van der Waals surface area (Å²) in [5.41, 5.74) is 3.03. The standard InChI is InChI=1S/C18H25N.ClH/c1-16(15-18-11-6-3-7-12-18)19-14-8-13-17-9-4-2-5-10-17;/h2-4,6-7,9,11-12,16,19H,5,8,10,13-15H2,1H3;1H. The van der Waals surface area contributed by atoms with Crippen LogP contribution in [-0.4, -0.2) is 12.6 Å². The Labute approximate surface area is 129 Å². The average molecular weight is 292 g/mol. The molecule has 1 atom stereocenters. The lowest BCUT2D eigenvalue weighted by molar-refractivity contribution is 0.531. The minimum Gasteiger partial charge on any atom is -0.314 e. The van der Waals surface area contributed by atoms with Crippen LogP contribution >= 0.6 is 12.4 Å². The molecule has 0 heterocycles. The zero-order chi connectivity index (χ0) is 13.3. The topological polar surface area (TPSA) is 12.0 Å². The van der Waals surface area contributed by atoms with Crippen LogP contribution in [0.5, 0.6) is 0 Å². The van der Waals surface area contributed by atoms with Crippen LogP contribution in [0.1, 0.15) is 38.2 Å². The summed E-state index contributed by atoms with van der Waals surface area (Å²) in [4.78, 5) is 0. The van der Waals surface area contributed by atoms with Gasteiger partial charge in [0.25, 0.3) is 0 Å². The molecule has 1 unspecified atom stereocenters. The largest absolute Gasteiger partial charge is 0.314 e. The van der Waals surface area contributed by atoms with Gasteiger partial charge >= 0.3 is 0 Å². The van der Waals surface area contributed by atoms with Crippen LogP contribution in [0.15, 0.2) is 54.1 Å². The van der Waals surface area contributed by atoms with Crippen LogP contribution in [0.2, 0.25) is 0 Å². The predicted molar refractivity (Wildman–Crippen MR) is 90.5 cm³/mol. The van der Waals surface area contributed by atoms with E-state index in [9.17, 15) is 0 Å². The molecule has 1 nitrogen and oxygen atoms in total. The minimum atomic E-state index is 0. The molecule has 0 amide bonds. The first-order valence-electron chi connectivity index (χ1n) is 7.46. The highest BCUT2D eigenvalue weighted by atomic mass is 35.5. The fraction of sp³-hybridized carbons (Fsp3) is 0.444. The molecule has 20 heavy (non-hydrogen) atoms. The maximum absolute atomic E-state index is 3.63. The van der Waals surface area contributed by atoms with E-state index in [-0.39, 0.29) is 12.4 Å². The van der Waals surface area contributed by atoms with Crippen molar-refractivity contribution in [2.45, 2.75) is 45.1 Å². The number of nitrogens with one attached hydrogen (secondary N) is 1. The van der Waals surface area contributed by atoms with Gasteiger partial charge in [-0.1, -0.05) is 54.1 Å². The fourth-order valence-corrected chi connectivity index (χ4v) is 2.56. The van der Waals surface area contributed by atoms with Crippen LogP contribution in [0, 0.1) is 0 Å².